The molecule has 1 aliphatic heterocycles. The lowest BCUT2D eigenvalue weighted by atomic mass is 9.96. The normalized spacial score (nSPS) is 20.2. The second kappa shape index (κ2) is 5.40. The molecule has 13 heavy (non-hydrogen) atoms. The van der Waals surface area contributed by atoms with Crippen LogP contribution >= 0.6 is 12.4 Å². The van der Waals surface area contributed by atoms with Crippen molar-refractivity contribution in [3.05, 3.63) is 0 Å². The van der Waals surface area contributed by atoms with Crippen LogP contribution in [0.25, 0.3) is 0 Å². The Morgan fingerprint density at radius 3 is 2.54 bits per heavy atom. The summed E-state index contributed by atoms with van der Waals surface area (Å²) in [5, 5.41) is 3.05. The highest BCUT2D eigenvalue weighted by atomic mass is 35.5. The summed E-state index contributed by atoms with van der Waals surface area (Å²) < 4.78 is 18.3. The summed E-state index contributed by atoms with van der Waals surface area (Å²) in [7, 11) is 0. The lowest BCUT2D eigenvalue weighted by Gasteiger charge is -2.29. The second-order valence-corrected chi connectivity index (χ2v) is 3.18. The van der Waals surface area contributed by atoms with E-state index in [0.717, 1.165) is 0 Å². The van der Waals surface area contributed by atoms with Gasteiger partial charge in [0.15, 0.2) is 0 Å². The molecule has 0 saturated carbocycles. The number of nitrogens with one attached hydrogen (secondary N) is 1. The van der Waals surface area contributed by atoms with Gasteiger partial charge in [-0.05, 0) is 25.9 Å². The highest BCUT2D eigenvalue weighted by molar-refractivity contribution is 5.85. The molecular formula is C8H15ClFNO2. The molecule has 0 bridgehead atoms. The van der Waals surface area contributed by atoms with E-state index in [1.54, 1.807) is 0 Å². The van der Waals surface area contributed by atoms with Gasteiger partial charge in [0.05, 0.1) is 0 Å². The van der Waals surface area contributed by atoms with E-state index in [4.69, 9.17) is 0 Å². The number of carbonyl (C=O) groups excluding carboxylic acids is 1. The fourth-order valence-electron chi connectivity index (χ4n) is 1.25. The van der Waals surface area contributed by atoms with Crippen LogP contribution in [0.2, 0.25) is 0 Å². The summed E-state index contributed by atoms with van der Waals surface area (Å²) in [6, 6.07) is 0. The van der Waals surface area contributed by atoms with Crippen molar-refractivity contribution >= 4 is 18.4 Å². The third-order valence-corrected chi connectivity index (χ3v) is 2.03. The van der Waals surface area contributed by atoms with Crippen LogP contribution in [0.15, 0.2) is 0 Å². The lowest BCUT2D eigenvalue weighted by molar-refractivity contribution is -0.146. The summed E-state index contributed by atoms with van der Waals surface area (Å²) in [5.74, 6) is -0.412. The predicted octanol–water partition coefficient (Wildman–Crippen LogP) is 1.06. The molecule has 0 aromatic carbocycles. The SMILES string of the molecule is CC(=O)OCC1(F)CCNCC1.Cl. The molecular weight excluding hydrogens is 197 g/mol. The Kier molecular flexibility index (Phi) is 5.25. The maximum Gasteiger partial charge on any atom is 0.302 e. The minimum absolute atomic E-state index is 0. The zero-order valence-electron chi connectivity index (χ0n) is 7.64. The minimum Gasteiger partial charge on any atom is -0.462 e. The Hall–Kier alpha value is -0.350. The van der Waals surface area contributed by atoms with E-state index in [1.165, 1.54) is 6.92 Å². The van der Waals surface area contributed by atoms with Crippen molar-refractivity contribution in [3.63, 3.8) is 0 Å². The van der Waals surface area contributed by atoms with Crippen molar-refractivity contribution < 1.29 is 13.9 Å². The van der Waals surface area contributed by atoms with Gasteiger partial charge in [-0.2, -0.15) is 0 Å². The molecule has 1 aliphatic rings. The average Bonchev–Trinajstić information content (AvgIpc) is 2.03. The van der Waals surface area contributed by atoms with Crippen LogP contribution in [-0.4, -0.2) is 31.3 Å². The van der Waals surface area contributed by atoms with Crippen molar-refractivity contribution in [1.82, 2.24) is 5.32 Å². The first kappa shape index (κ1) is 12.7. The summed E-state index contributed by atoms with van der Waals surface area (Å²) in [6.45, 7) is 2.53. The van der Waals surface area contributed by atoms with E-state index < -0.39 is 11.6 Å². The van der Waals surface area contributed by atoms with Crippen molar-refractivity contribution in [3.8, 4) is 0 Å². The van der Waals surface area contributed by atoms with Gasteiger partial charge in [0.25, 0.3) is 0 Å². The molecule has 0 aliphatic carbocycles. The minimum atomic E-state index is -1.29. The third-order valence-electron chi connectivity index (χ3n) is 2.03. The number of carbonyl (C=O) groups is 1. The van der Waals surface area contributed by atoms with Crippen LogP contribution in [0.5, 0.6) is 0 Å². The topological polar surface area (TPSA) is 38.3 Å². The van der Waals surface area contributed by atoms with Crippen LogP contribution in [0.1, 0.15) is 19.8 Å². The van der Waals surface area contributed by atoms with Gasteiger partial charge in [-0.15, -0.1) is 12.4 Å². The average molecular weight is 212 g/mol. The summed E-state index contributed by atoms with van der Waals surface area (Å²) >= 11 is 0. The molecule has 0 atom stereocenters. The Balaban J connectivity index is 0.00000144. The number of alkyl halides is 1. The maximum atomic E-state index is 13.6. The number of piperidine rings is 1. The predicted molar refractivity (Wildman–Crippen MR) is 49.8 cm³/mol. The standard InChI is InChI=1S/C8H14FNO2.ClH/c1-7(11)12-6-8(9)2-4-10-5-3-8;/h10H,2-6H2,1H3;1H. The first-order chi connectivity index (χ1) is 5.62. The molecule has 78 valence electrons. The molecule has 0 radical (unpaired) electrons. The molecule has 1 fully saturated rings. The maximum absolute atomic E-state index is 13.6. The third kappa shape index (κ3) is 4.43. The fourth-order valence-corrected chi connectivity index (χ4v) is 1.25. The van der Waals surface area contributed by atoms with Crippen LogP contribution in [-0.2, 0) is 9.53 Å². The number of hydrogen-bond donors (Lipinski definition) is 1. The van der Waals surface area contributed by atoms with Gasteiger partial charge in [-0.3, -0.25) is 4.79 Å². The highest BCUT2D eigenvalue weighted by Crippen LogP contribution is 2.23. The van der Waals surface area contributed by atoms with Crippen molar-refractivity contribution in [2.45, 2.75) is 25.4 Å². The molecule has 5 heteroatoms. The molecule has 0 aromatic heterocycles. The highest BCUT2D eigenvalue weighted by Gasteiger charge is 2.32. The molecule has 0 amide bonds. The molecule has 1 N–H and O–H groups in total. The smallest absolute Gasteiger partial charge is 0.302 e. The number of rotatable bonds is 2. The zero-order valence-corrected chi connectivity index (χ0v) is 8.45. The van der Waals surface area contributed by atoms with E-state index in [0.29, 0.717) is 25.9 Å². The first-order valence-electron chi connectivity index (χ1n) is 4.15. The number of halogens is 2. The van der Waals surface area contributed by atoms with Gasteiger partial charge in [0, 0.05) is 6.92 Å². The van der Waals surface area contributed by atoms with Crippen molar-refractivity contribution in [1.29, 1.82) is 0 Å². The molecule has 1 saturated heterocycles. The molecule has 1 rings (SSSR count). The first-order valence-corrected chi connectivity index (χ1v) is 4.15. The molecule has 3 nitrogen and oxygen atoms in total. The second-order valence-electron chi connectivity index (χ2n) is 3.18. The Bertz CT molecular complexity index is 172. The van der Waals surface area contributed by atoms with Crippen LogP contribution < -0.4 is 5.32 Å². The van der Waals surface area contributed by atoms with Gasteiger partial charge in [0.1, 0.15) is 12.3 Å². The van der Waals surface area contributed by atoms with Gasteiger partial charge in [-0.25, -0.2) is 4.39 Å². The van der Waals surface area contributed by atoms with Crippen molar-refractivity contribution in [2.24, 2.45) is 0 Å². The van der Waals surface area contributed by atoms with Crippen LogP contribution in [0.4, 0.5) is 4.39 Å². The lowest BCUT2D eigenvalue weighted by Crippen LogP contribution is -2.42. The van der Waals surface area contributed by atoms with Crippen molar-refractivity contribution in [2.75, 3.05) is 19.7 Å². The van der Waals surface area contributed by atoms with E-state index in [9.17, 15) is 9.18 Å². The molecule has 0 unspecified atom stereocenters. The number of esters is 1. The monoisotopic (exact) mass is 211 g/mol. The zero-order chi connectivity index (χ0) is 9.03. The number of hydrogen-bond acceptors (Lipinski definition) is 3. The largest absolute Gasteiger partial charge is 0.462 e. The van der Waals surface area contributed by atoms with Gasteiger partial charge in [-0.1, -0.05) is 0 Å². The van der Waals surface area contributed by atoms with Gasteiger partial charge >= 0.3 is 5.97 Å². The fraction of sp³-hybridized carbons (Fsp3) is 0.875. The Morgan fingerprint density at radius 1 is 1.54 bits per heavy atom. The summed E-state index contributed by atoms with van der Waals surface area (Å²) in [6.07, 6.45) is 0.862. The summed E-state index contributed by atoms with van der Waals surface area (Å²) in [5.41, 5.74) is -1.29. The van der Waals surface area contributed by atoms with E-state index in [2.05, 4.69) is 10.1 Å². The van der Waals surface area contributed by atoms with Gasteiger partial charge < -0.3 is 10.1 Å². The molecule has 1 heterocycles. The molecule has 0 aromatic rings. The van der Waals surface area contributed by atoms with E-state index in [-0.39, 0.29) is 19.0 Å². The number of ether oxygens (including phenoxy) is 1. The van der Waals surface area contributed by atoms with Crippen LogP contribution in [0.3, 0.4) is 0 Å². The van der Waals surface area contributed by atoms with Crippen LogP contribution in [0, 0.1) is 0 Å². The Labute approximate surface area is 83.4 Å². The summed E-state index contributed by atoms with van der Waals surface area (Å²) in [4.78, 5) is 10.4. The van der Waals surface area contributed by atoms with E-state index >= 15 is 0 Å². The van der Waals surface area contributed by atoms with E-state index in [1.807, 2.05) is 0 Å². The van der Waals surface area contributed by atoms with Gasteiger partial charge in [0.2, 0.25) is 0 Å². The Morgan fingerprint density at radius 2 is 2.08 bits per heavy atom. The quantitative estimate of drug-likeness (QED) is 0.695. The molecule has 0 spiro atoms.